The van der Waals surface area contributed by atoms with Gasteiger partial charge in [0.05, 0.1) is 0 Å². The first-order valence-electron chi connectivity index (χ1n) is 6.05. The molecule has 0 radical (unpaired) electrons. The van der Waals surface area contributed by atoms with E-state index in [1.807, 2.05) is 6.92 Å². The Morgan fingerprint density at radius 3 is 2.61 bits per heavy atom. The molecule has 2 rings (SSSR count). The molecule has 0 spiro atoms. The van der Waals surface area contributed by atoms with Crippen LogP contribution in [-0.4, -0.2) is 43.3 Å². The molecule has 0 aliphatic carbocycles. The van der Waals surface area contributed by atoms with Gasteiger partial charge in [0.25, 0.3) is 0 Å². The fourth-order valence-corrected chi connectivity index (χ4v) is 2.21. The van der Waals surface area contributed by atoms with Gasteiger partial charge in [0.2, 0.25) is 5.78 Å². The summed E-state index contributed by atoms with van der Waals surface area (Å²) in [7, 11) is 1.51. The summed E-state index contributed by atoms with van der Waals surface area (Å²) < 4.78 is 22.1. The molecular formula is C13H18O5. The predicted octanol–water partition coefficient (Wildman–Crippen LogP) is 0.860. The Labute approximate surface area is 107 Å². The summed E-state index contributed by atoms with van der Waals surface area (Å²) in [5, 5.41) is 0. The molecule has 4 atom stereocenters. The standard InChI is InChI=1S/C13H18O5/c1-5-6-7-8(14)9-10-11(12(15-4)16-9)18-13(2,3)17-10/h9-12H,5H2,1-4H3/t9-,10-,11-,12-/m1/s1. The molecule has 0 aromatic heterocycles. The Hall–Kier alpha value is -0.930. The zero-order chi connectivity index (χ0) is 13.3. The molecule has 0 saturated carbocycles. The van der Waals surface area contributed by atoms with Crippen molar-refractivity contribution < 1.29 is 23.7 Å². The third-order valence-corrected chi connectivity index (χ3v) is 2.89. The van der Waals surface area contributed by atoms with Crippen molar-refractivity contribution in [1.29, 1.82) is 0 Å². The van der Waals surface area contributed by atoms with Gasteiger partial charge in [0.1, 0.15) is 12.2 Å². The SMILES string of the molecule is CCC#CC(=O)[C@H]1O[C@@H](OC)[C@@H]2OC(C)(C)O[C@@H]21. The molecular weight excluding hydrogens is 236 g/mol. The minimum atomic E-state index is -0.735. The summed E-state index contributed by atoms with van der Waals surface area (Å²) in [4.78, 5) is 11.9. The first-order chi connectivity index (χ1) is 8.48. The molecule has 18 heavy (non-hydrogen) atoms. The molecule has 5 nitrogen and oxygen atoms in total. The van der Waals surface area contributed by atoms with Crippen LogP contribution in [0.25, 0.3) is 0 Å². The zero-order valence-electron chi connectivity index (χ0n) is 11.1. The Kier molecular flexibility index (Phi) is 3.74. The maximum absolute atomic E-state index is 11.9. The average Bonchev–Trinajstić information content (AvgIpc) is 2.78. The van der Waals surface area contributed by atoms with Gasteiger partial charge >= 0.3 is 0 Å². The predicted molar refractivity (Wildman–Crippen MR) is 62.6 cm³/mol. The van der Waals surface area contributed by atoms with Gasteiger partial charge in [-0.3, -0.25) is 4.79 Å². The number of Topliss-reactive ketones (excluding diaryl/α,β-unsaturated/α-hetero) is 1. The number of ketones is 1. The van der Waals surface area contributed by atoms with Crippen LogP contribution < -0.4 is 0 Å². The maximum atomic E-state index is 11.9. The van der Waals surface area contributed by atoms with E-state index in [-0.39, 0.29) is 11.9 Å². The lowest BCUT2D eigenvalue weighted by atomic mass is 10.1. The van der Waals surface area contributed by atoms with E-state index in [0.29, 0.717) is 6.42 Å². The number of carbonyl (C=O) groups excluding carboxylic acids is 1. The van der Waals surface area contributed by atoms with Gasteiger partial charge in [-0.05, 0) is 19.8 Å². The zero-order valence-corrected chi connectivity index (χ0v) is 11.1. The van der Waals surface area contributed by atoms with Gasteiger partial charge < -0.3 is 18.9 Å². The second-order valence-electron chi connectivity index (χ2n) is 4.75. The highest BCUT2D eigenvalue weighted by molar-refractivity contribution is 5.99. The summed E-state index contributed by atoms with van der Waals surface area (Å²) in [6.45, 7) is 5.49. The van der Waals surface area contributed by atoms with Crippen molar-refractivity contribution in [1.82, 2.24) is 0 Å². The number of ether oxygens (including phenoxy) is 4. The summed E-state index contributed by atoms with van der Waals surface area (Å²) in [6.07, 6.45) is -1.54. The van der Waals surface area contributed by atoms with Gasteiger partial charge in [0.15, 0.2) is 18.2 Å². The Balaban J connectivity index is 2.16. The largest absolute Gasteiger partial charge is 0.353 e. The van der Waals surface area contributed by atoms with Crippen molar-refractivity contribution in [3.63, 3.8) is 0 Å². The highest BCUT2D eigenvalue weighted by atomic mass is 16.8. The lowest BCUT2D eigenvalue weighted by Gasteiger charge is -2.22. The van der Waals surface area contributed by atoms with E-state index in [4.69, 9.17) is 18.9 Å². The van der Waals surface area contributed by atoms with Crippen molar-refractivity contribution in [2.24, 2.45) is 0 Å². The molecule has 100 valence electrons. The maximum Gasteiger partial charge on any atom is 0.237 e. The van der Waals surface area contributed by atoms with E-state index in [2.05, 4.69) is 11.8 Å². The van der Waals surface area contributed by atoms with E-state index in [1.54, 1.807) is 13.8 Å². The number of methoxy groups -OCH3 is 1. The van der Waals surface area contributed by atoms with E-state index in [1.165, 1.54) is 7.11 Å². The van der Waals surface area contributed by atoms with Crippen LogP contribution in [-0.2, 0) is 23.7 Å². The fraction of sp³-hybridized carbons (Fsp3) is 0.769. The molecule has 0 bridgehead atoms. The first-order valence-corrected chi connectivity index (χ1v) is 6.05. The molecule has 2 saturated heterocycles. The minimum Gasteiger partial charge on any atom is -0.353 e. The van der Waals surface area contributed by atoms with Gasteiger partial charge in [-0.2, -0.15) is 0 Å². The summed E-state index contributed by atoms with van der Waals surface area (Å²) in [6, 6.07) is 0. The summed E-state index contributed by atoms with van der Waals surface area (Å²) in [5.74, 6) is 4.28. The molecule has 0 aromatic rings. The number of fused-ring (bicyclic) bond motifs is 1. The van der Waals surface area contributed by atoms with E-state index < -0.39 is 24.3 Å². The molecule has 2 aliphatic heterocycles. The second-order valence-corrected chi connectivity index (χ2v) is 4.75. The molecule has 0 aromatic carbocycles. The van der Waals surface area contributed by atoms with Crippen LogP contribution in [0.2, 0.25) is 0 Å². The lowest BCUT2D eigenvalue weighted by Crippen LogP contribution is -2.35. The average molecular weight is 254 g/mol. The molecule has 5 heteroatoms. The molecule has 0 N–H and O–H groups in total. The van der Waals surface area contributed by atoms with Crippen LogP contribution in [0.15, 0.2) is 0 Å². The Morgan fingerprint density at radius 1 is 1.33 bits per heavy atom. The van der Waals surface area contributed by atoms with Crippen LogP contribution in [0.3, 0.4) is 0 Å². The topological polar surface area (TPSA) is 54.0 Å². The van der Waals surface area contributed by atoms with Gasteiger partial charge in [-0.1, -0.05) is 12.8 Å². The Bertz CT molecular complexity index is 392. The smallest absolute Gasteiger partial charge is 0.237 e. The van der Waals surface area contributed by atoms with Gasteiger partial charge in [-0.15, -0.1) is 0 Å². The Morgan fingerprint density at radius 2 is 2.00 bits per heavy atom. The summed E-state index contributed by atoms with van der Waals surface area (Å²) in [5.41, 5.74) is 0. The van der Waals surface area contributed by atoms with Crippen LogP contribution in [0, 0.1) is 11.8 Å². The lowest BCUT2D eigenvalue weighted by molar-refractivity contribution is -0.224. The van der Waals surface area contributed by atoms with Crippen molar-refractivity contribution in [3.05, 3.63) is 0 Å². The van der Waals surface area contributed by atoms with Crippen molar-refractivity contribution in [2.45, 2.75) is 57.6 Å². The summed E-state index contributed by atoms with van der Waals surface area (Å²) >= 11 is 0. The highest BCUT2D eigenvalue weighted by Gasteiger charge is 2.57. The second kappa shape index (κ2) is 4.98. The molecule has 2 fully saturated rings. The van der Waals surface area contributed by atoms with Gasteiger partial charge in [0, 0.05) is 13.5 Å². The highest BCUT2D eigenvalue weighted by Crippen LogP contribution is 2.39. The van der Waals surface area contributed by atoms with Crippen LogP contribution >= 0.6 is 0 Å². The van der Waals surface area contributed by atoms with Gasteiger partial charge in [-0.25, -0.2) is 0 Å². The number of carbonyl (C=O) groups is 1. The minimum absolute atomic E-state index is 0.285. The molecule has 0 amide bonds. The van der Waals surface area contributed by atoms with E-state index in [9.17, 15) is 4.79 Å². The fourth-order valence-electron chi connectivity index (χ4n) is 2.21. The number of rotatable bonds is 2. The van der Waals surface area contributed by atoms with E-state index >= 15 is 0 Å². The molecule has 0 unspecified atom stereocenters. The quantitative estimate of drug-likeness (QED) is 0.540. The monoisotopic (exact) mass is 254 g/mol. The third-order valence-electron chi connectivity index (χ3n) is 2.89. The van der Waals surface area contributed by atoms with Crippen molar-refractivity contribution in [2.75, 3.05) is 7.11 Å². The van der Waals surface area contributed by atoms with Crippen molar-refractivity contribution in [3.8, 4) is 11.8 Å². The van der Waals surface area contributed by atoms with Crippen molar-refractivity contribution >= 4 is 5.78 Å². The molecule has 2 heterocycles. The normalized spacial score (nSPS) is 36.9. The molecule has 2 aliphatic rings. The first kappa shape index (κ1) is 13.5. The third kappa shape index (κ3) is 2.43. The van der Waals surface area contributed by atoms with Crippen LogP contribution in [0.4, 0.5) is 0 Å². The van der Waals surface area contributed by atoms with Crippen LogP contribution in [0.1, 0.15) is 27.2 Å². The van der Waals surface area contributed by atoms with Crippen LogP contribution in [0.5, 0.6) is 0 Å². The van der Waals surface area contributed by atoms with E-state index in [0.717, 1.165) is 0 Å². The number of hydrogen-bond donors (Lipinski definition) is 0. The number of hydrogen-bond acceptors (Lipinski definition) is 5.